The molecular weight excluding hydrogens is 411 g/mol. The Labute approximate surface area is 183 Å². The molecule has 1 aliphatic heterocycles. The van der Waals surface area contributed by atoms with Crippen molar-refractivity contribution in [2.75, 3.05) is 4.90 Å². The van der Waals surface area contributed by atoms with Crippen LogP contribution in [0.1, 0.15) is 16.7 Å². The number of aryl methyl sites for hydroxylation is 1. The molecule has 0 bridgehead atoms. The highest BCUT2D eigenvalue weighted by molar-refractivity contribution is 6.39. The Balaban J connectivity index is 1.64. The summed E-state index contributed by atoms with van der Waals surface area (Å²) in [5, 5.41) is 2.09. The first-order valence-corrected chi connectivity index (χ1v) is 9.87. The molecule has 4 amide bonds. The number of barbiturate groups is 1. The second kappa shape index (κ2) is 8.85. The van der Waals surface area contributed by atoms with Crippen LogP contribution in [0.4, 0.5) is 14.9 Å². The first-order valence-electron chi connectivity index (χ1n) is 9.87. The topological polar surface area (TPSA) is 75.7 Å². The van der Waals surface area contributed by atoms with Crippen LogP contribution in [0, 0.1) is 12.7 Å². The van der Waals surface area contributed by atoms with E-state index in [2.05, 4.69) is 5.32 Å². The van der Waals surface area contributed by atoms with Crippen LogP contribution < -0.4 is 15.0 Å². The minimum atomic E-state index is -1.01. The molecule has 0 aromatic heterocycles. The van der Waals surface area contributed by atoms with Crippen LogP contribution in [-0.4, -0.2) is 17.8 Å². The second-order valence-electron chi connectivity index (χ2n) is 7.22. The molecule has 0 aliphatic carbocycles. The quantitative estimate of drug-likeness (QED) is 0.482. The number of carbonyl (C=O) groups excluding carboxylic acids is 3. The van der Waals surface area contributed by atoms with E-state index < -0.39 is 23.7 Å². The lowest BCUT2D eigenvalue weighted by atomic mass is 10.1. The Morgan fingerprint density at radius 1 is 0.938 bits per heavy atom. The summed E-state index contributed by atoms with van der Waals surface area (Å²) in [6, 6.07) is 19.1. The first-order chi connectivity index (χ1) is 15.4. The van der Waals surface area contributed by atoms with Crippen LogP contribution in [-0.2, 0) is 16.2 Å². The third-order valence-electron chi connectivity index (χ3n) is 4.93. The van der Waals surface area contributed by atoms with Gasteiger partial charge in [0.15, 0.2) is 0 Å². The third-order valence-corrected chi connectivity index (χ3v) is 4.93. The van der Waals surface area contributed by atoms with Gasteiger partial charge in [-0.1, -0.05) is 60.2 Å². The number of benzene rings is 3. The summed E-state index contributed by atoms with van der Waals surface area (Å²) in [7, 11) is 0. The Hall–Kier alpha value is -4.26. The summed E-state index contributed by atoms with van der Waals surface area (Å²) in [6.07, 6.45) is 1.34. The van der Waals surface area contributed by atoms with E-state index in [0.717, 1.165) is 17.2 Å². The maximum Gasteiger partial charge on any atom is 0.336 e. The van der Waals surface area contributed by atoms with Crippen LogP contribution in [0.15, 0.2) is 78.4 Å². The summed E-state index contributed by atoms with van der Waals surface area (Å²) in [6.45, 7) is 2.29. The molecule has 4 rings (SSSR count). The molecule has 0 radical (unpaired) electrons. The minimum Gasteiger partial charge on any atom is -0.488 e. The lowest BCUT2D eigenvalue weighted by Crippen LogP contribution is -2.54. The number of amides is 4. The van der Waals surface area contributed by atoms with E-state index in [-0.39, 0.29) is 11.3 Å². The molecule has 3 aromatic rings. The van der Waals surface area contributed by atoms with Crippen molar-refractivity contribution in [3.8, 4) is 5.75 Å². The largest absolute Gasteiger partial charge is 0.488 e. The van der Waals surface area contributed by atoms with Crippen LogP contribution >= 0.6 is 0 Å². The number of ether oxygens (including phenoxy) is 1. The minimum absolute atomic E-state index is 0.239. The van der Waals surface area contributed by atoms with Gasteiger partial charge in [0.25, 0.3) is 11.8 Å². The van der Waals surface area contributed by atoms with E-state index >= 15 is 0 Å². The fourth-order valence-corrected chi connectivity index (χ4v) is 3.24. The summed E-state index contributed by atoms with van der Waals surface area (Å²) in [5.41, 5.74) is 2.02. The first kappa shape index (κ1) is 21.0. The zero-order valence-corrected chi connectivity index (χ0v) is 17.2. The van der Waals surface area contributed by atoms with Crippen molar-refractivity contribution in [2.45, 2.75) is 13.5 Å². The van der Waals surface area contributed by atoms with E-state index in [4.69, 9.17) is 4.74 Å². The van der Waals surface area contributed by atoms with Gasteiger partial charge in [-0.3, -0.25) is 14.9 Å². The van der Waals surface area contributed by atoms with Crippen molar-refractivity contribution in [2.24, 2.45) is 0 Å². The zero-order chi connectivity index (χ0) is 22.7. The monoisotopic (exact) mass is 430 g/mol. The molecule has 0 unspecified atom stereocenters. The van der Waals surface area contributed by atoms with Crippen LogP contribution in [0.3, 0.4) is 0 Å². The van der Waals surface area contributed by atoms with Crippen LogP contribution in [0.2, 0.25) is 0 Å². The molecule has 0 saturated carbocycles. The highest BCUT2D eigenvalue weighted by Gasteiger charge is 2.38. The number of hydrogen-bond donors (Lipinski definition) is 1. The molecule has 160 valence electrons. The zero-order valence-electron chi connectivity index (χ0n) is 17.2. The number of para-hydroxylation sites is 2. The molecule has 32 heavy (non-hydrogen) atoms. The van der Waals surface area contributed by atoms with Crippen molar-refractivity contribution in [3.05, 3.63) is 101 Å². The number of carbonyl (C=O) groups is 3. The Morgan fingerprint density at radius 3 is 2.38 bits per heavy atom. The van der Waals surface area contributed by atoms with Crippen molar-refractivity contribution in [1.82, 2.24) is 5.32 Å². The smallest absolute Gasteiger partial charge is 0.336 e. The number of urea groups is 1. The van der Waals surface area contributed by atoms with Gasteiger partial charge in [-0.25, -0.2) is 14.1 Å². The third kappa shape index (κ3) is 4.27. The van der Waals surface area contributed by atoms with Crippen molar-refractivity contribution in [1.29, 1.82) is 0 Å². The standard InChI is InChI=1S/C25H19FN2O4/c1-16-10-12-17(13-11-16)15-32-22-9-5-2-6-18(22)14-19-23(29)27-25(31)28(24(19)30)21-8-4-3-7-20(21)26/h2-14H,15H2,1H3,(H,27,29,31)/b19-14-. The maximum absolute atomic E-state index is 14.2. The molecule has 3 aromatic carbocycles. The fraction of sp³-hybridized carbons (Fsp3) is 0.0800. The summed E-state index contributed by atoms with van der Waals surface area (Å²) in [5.74, 6) is -2.08. The van der Waals surface area contributed by atoms with E-state index in [9.17, 15) is 18.8 Å². The van der Waals surface area contributed by atoms with Gasteiger partial charge in [-0.15, -0.1) is 0 Å². The molecule has 7 heteroatoms. The second-order valence-corrected chi connectivity index (χ2v) is 7.22. The highest BCUT2D eigenvalue weighted by atomic mass is 19.1. The molecule has 1 saturated heterocycles. The Bertz CT molecular complexity index is 1230. The van der Waals surface area contributed by atoms with Gasteiger partial charge in [-0.2, -0.15) is 0 Å². The van der Waals surface area contributed by atoms with Gasteiger partial charge in [0.05, 0.1) is 5.69 Å². The number of halogens is 1. The highest BCUT2D eigenvalue weighted by Crippen LogP contribution is 2.27. The van der Waals surface area contributed by atoms with E-state index in [0.29, 0.717) is 22.8 Å². The summed E-state index contributed by atoms with van der Waals surface area (Å²) >= 11 is 0. The van der Waals surface area contributed by atoms with E-state index in [1.54, 1.807) is 24.3 Å². The Morgan fingerprint density at radius 2 is 1.62 bits per heavy atom. The number of anilines is 1. The lowest BCUT2D eigenvalue weighted by molar-refractivity contribution is -0.122. The van der Waals surface area contributed by atoms with Gasteiger partial charge in [-0.05, 0) is 36.8 Å². The van der Waals surface area contributed by atoms with Crippen molar-refractivity contribution < 1.29 is 23.5 Å². The number of nitrogens with one attached hydrogen (secondary N) is 1. The van der Waals surface area contributed by atoms with Gasteiger partial charge in [0, 0.05) is 5.56 Å². The number of imide groups is 2. The SMILES string of the molecule is Cc1ccc(COc2ccccc2/C=C2/C(=O)NC(=O)N(c3ccccc3F)C2=O)cc1. The van der Waals surface area contributed by atoms with Gasteiger partial charge < -0.3 is 4.74 Å². The predicted molar refractivity (Wildman–Crippen MR) is 117 cm³/mol. The molecule has 1 fully saturated rings. The van der Waals surface area contributed by atoms with Gasteiger partial charge in [0.2, 0.25) is 0 Å². The Kier molecular flexibility index (Phi) is 5.81. The normalized spacial score (nSPS) is 15.1. The molecular formula is C25H19FN2O4. The molecule has 0 spiro atoms. The molecule has 0 atom stereocenters. The van der Waals surface area contributed by atoms with Crippen LogP contribution in [0.5, 0.6) is 5.75 Å². The van der Waals surface area contributed by atoms with E-state index in [1.165, 1.54) is 24.3 Å². The molecule has 6 nitrogen and oxygen atoms in total. The molecule has 1 N–H and O–H groups in total. The fourth-order valence-electron chi connectivity index (χ4n) is 3.24. The molecule has 1 aliphatic rings. The van der Waals surface area contributed by atoms with Crippen molar-refractivity contribution in [3.63, 3.8) is 0 Å². The van der Waals surface area contributed by atoms with Gasteiger partial charge >= 0.3 is 6.03 Å². The average molecular weight is 430 g/mol. The average Bonchev–Trinajstić information content (AvgIpc) is 2.78. The molecule has 1 heterocycles. The summed E-state index contributed by atoms with van der Waals surface area (Å²) in [4.78, 5) is 38.3. The van der Waals surface area contributed by atoms with Crippen molar-refractivity contribution >= 4 is 29.6 Å². The van der Waals surface area contributed by atoms with E-state index in [1.807, 2.05) is 31.2 Å². The van der Waals surface area contributed by atoms with Gasteiger partial charge in [0.1, 0.15) is 23.7 Å². The maximum atomic E-state index is 14.2. The number of nitrogens with zero attached hydrogens (tertiary/aromatic N) is 1. The predicted octanol–water partition coefficient (Wildman–Crippen LogP) is 4.38. The number of rotatable bonds is 5. The number of hydrogen-bond acceptors (Lipinski definition) is 4. The van der Waals surface area contributed by atoms with Crippen LogP contribution in [0.25, 0.3) is 6.08 Å². The lowest BCUT2D eigenvalue weighted by Gasteiger charge is -2.26. The summed E-state index contributed by atoms with van der Waals surface area (Å²) < 4.78 is 20.1.